The third-order valence-electron chi connectivity index (χ3n) is 2.47. The summed E-state index contributed by atoms with van der Waals surface area (Å²) >= 11 is 1.29. The number of hydrogen-bond donors (Lipinski definition) is 2. The van der Waals surface area contributed by atoms with Gasteiger partial charge in [-0.05, 0) is 26.0 Å². The number of rotatable bonds is 8. The van der Waals surface area contributed by atoms with E-state index in [1.54, 1.807) is 25.3 Å². The normalized spacial score (nSPS) is 13.6. The van der Waals surface area contributed by atoms with E-state index in [4.69, 9.17) is 14.9 Å². The summed E-state index contributed by atoms with van der Waals surface area (Å²) in [5.74, 6) is 0.713. The van der Waals surface area contributed by atoms with Gasteiger partial charge in [-0.1, -0.05) is 0 Å². The van der Waals surface area contributed by atoms with Gasteiger partial charge in [-0.3, -0.25) is 9.59 Å². The van der Waals surface area contributed by atoms with Gasteiger partial charge in [0.25, 0.3) is 0 Å². The van der Waals surface area contributed by atoms with E-state index in [-0.39, 0.29) is 17.7 Å². The van der Waals surface area contributed by atoms with Gasteiger partial charge in [0.15, 0.2) is 0 Å². The maximum absolute atomic E-state index is 11.7. The highest BCUT2D eigenvalue weighted by Crippen LogP contribution is 2.12. The number of nitrogens with one attached hydrogen (secondary N) is 1. The Balaban J connectivity index is 2.22. The van der Waals surface area contributed by atoms with E-state index in [2.05, 4.69) is 5.32 Å². The van der Waals surface area contributed by atoms with Crippen molar-refractivity contribution in [3.63, 3.8) is 0 Å². The van der Waals surface area contributed by atoms with Gasteiger partial charge in [-0.25, -0.2) is 0 Å². The third kappa shape index (κ3) is 5.66. The fraction of sp³-hybridized carbons (Fsp3) is 0.538. The molecular formula is C13H20N2O4S. The van der Waals surface area contributed by atoms with Crippen LogP contribution in [0, 0.1) is 0 Å². The molecule has 1 amide bonds. The number of nitrogens with two attached hydrogens (primary N) is 1. The Morgan fingerprint density at radius 2 is 2.30 bits per heavy atom. The monoisotopic (exact) mass is 300 g/mol. The predicted molar refractivity (Wildman–Crippen MR) is 77.2 cm³/mol. The van der Waals surface area contributed by atoms with E-state index in [1.165, 1.54) is 11.8 Å². The molecule has 1 rings (SSSR count). The van der Waals surface area contributed by atoms with E-state index in [9.17, 15) is 9.59 Å². The van der Waals surface area contributed by atoms with Crippen LogP contribution in [-0.2, 0) is 14.3 Å². The van der Waals surface area contributed by atoms with E-state index in [0.717, 1.165) is 0 Å². The maximum Gasteiger partial charge on any atom is 0.323 e. The van der Waals surface area contributed by atoms with E-state index < -0.39 is 12.0 Å². The van der Waals surface area contributed by atoms with Crippen molar-refractivity contribution >= 4 is 23.6 Å². The Bertz CT molecular complexity index is 422. The molecule has 1 heterocycles. The summed E-state index contributed by atoms with van der Waals surface area (Å²) in [5, 5.41) is 2.80. The van der Waals surface area contributed by atoms with Gasteiger partial charge in [0.2, 0.25) is 5.91 Å². The van der Waals surface area contributed by atoms with Gasteiger partial charge in [0.1, 0.15) is 11.8 Å². The third-order valence-corrected chi connectivity index (χ3v) is 3.53. The molecule has 2 atom stereocenters. The fourth-order valence-corrected chi connectivity index (χ4v) is 2.26. The first-order chi connectivity index (χ1) is 9.54. The lowest BCUT2D eigenvalue weighted by Gasteiger charge is -2.12. The van der Waals surface area contributed by atoms with Crippen LogP contribution in [0.3, 0.4) is 0 Å². The minimum atomic E-state index is -0.699. The van der Waals surface area contributed by atoms with Crippen molar-refractivity contribution in [3.8, 4) is 0 Å². The molecule has 0 aliphatic carbocycles. The fourth-order valence-electron chi connectivity index (χ4n) is 1.49. The largest absolute Gasteiger partial charge is 0.467 e. The highest BCUT2D eigenvalue weighted by atomic mass is 32.2. The van der Waals surface area contributed by atoms with Crippen molar-refractivity contribution < 1.29 is 18.7 Å². The van der Waals surface area contributed by atoms with Crippen LogP contribution < -0.4 is 11.1 Å². The molecule has 2 unspecified atom stereocenters. The quantitative estimate of drug-likeness (QED) is 0.698. The van der Waals surface area contributed by atoms with Crippen LogP contribution in [0.25, 0.3) is 0 Å². The predicted octanol–water partition coefficient (Wildman–Crippen LogP) is 1.08. The van der Waals surface area contributed by atoms with Crippen molar-refractivity contribution in [2.24, 2.45) is 5.73 Å². The van der Waals surface area contributed by atoms with Crippen LogP contribution in [0.4, 0.5) is 0 Å². The molecule has 0 aliphatic rings. The van der Waals surface area contributed by atoms with Crippen LogP contribution in [0.5, 0.6) is 0 Å². The molecule has 0 aromatic carbocycles. The highest BCUT2D eigenvalue weighted by Gasteiger charge is 2.16. The lowest BCUT2D eigenvalue weighted by molar-refractivity contribution is -0.144. The molecule has 7 heteroatoms. The summed E-state index contributed by atoms with van der Waals surface area (Å²) in [4.78, 5) is 23.0. The second-order valence-corrected chi connectivity index (χ2v) is 5.21. The van der Waals surface area contributed by atoms with Crippen LogP contribution >= 0.6 is 11.8 Å². The van der Waals surface area contributed by atoms with Gasteiger partial charge in [-0.15, -0.1) is 11.8 Å². The van der Waals surface area contributed by atoms with Crippen molar-refractivity contribution in [2.45, 2.75) is 25.9 Å². The Morgan fingerprint density at radius 3 is 2.90 bits per heavy atom. The number of hydrogen-bond acceptors (Lipinski definition) is 6. The van der Waals surface area contributed by atoms with Crippen LogP contribution in [0.2, 0.25) is 0 Å². The summed E-state index contributed by atoms with van der Waals surface area (Å²) in [6.45, 7) is 3.87. The molecule has 1 aromatic heterocycles. The molecule has 0 aliphatic heterocycles. The first kappa shape index (κ1) is 16.6. The summed E-state index contributed by atoms with van der Waals surface area (Å²) in [5.41, 5.74) is 5.63. The molecule has 20 heavy (non-hydrogen) atoms. The molecule has 0 fully saturated rings. The molecule has 0 saturated carbocycles. The van der Waals surface area contributed by atoms with Crippen molar-refractivity contribution in [1.29, 1.82) is 0 Å². The average molecular weight is 300 g/mol. The molecule has 6 nitrogen and oxygen atoms in total. The number of thioether (sulfide) groups is 1. The standard InChI is InChI=1S/C13H20N2O4S/c1-3-18-13(17)10(14)7-20-8-12(16)15-9(2)11-5-4-6-19-11/h4-6,9-10H,3,7-8,14H2,1-2H3,(H,15,16). The minimum absolute atomic E-state index is 0.130. The lowest BCUT2D eigenvalue weighted by atomic mass is 10.2. The smallest absolute Gasteiger partial charge is 0.323 e. The Hall–Kier alpha value is -1.47. The number of furan rings is 1. The Kier molecular flexibility index (Phi) is 7.17. The molecule has 0 saturated heterocycles. The maximum atomic E-state index is 11.7. The molecule has 3 N–H and O–H groups in total. The first-order valence-corrected chi connectivity index (χ1v) is 7.52. The second-order valence-electron chi connectivity index (χ2n) is 4.18. The lowest BCUT2D eigenvalue weighted by Crippen LogP contribution is -2.35. The zero-order valence-corrected chi connectivity index (χ0v) is 12.4. The van der Waals surface area contributed by atoms with Gasteiger partial charge in [0, 0.05) is 5.75 Å². The zero-order chi connectivity index (χ0) is 15.0. The summed E-state index contributed by atoms with van der Waals surface area (Å²) in [7, 11) is 0. The van der Waals surface area contributed by atoms with Crippen LogP contribution in [-0.4, -0.2) is 36.0 Å². The second kappa shape index (κ2) is 8.65. The molecule has 1 aromatic rings. The van der Waals surface area contributed by atoms with Gasteiger partial charge in [-0.2, -0.15) is 0 Å². The minimum Gasteiger partial charge on any atom is -0.467 e. The van der Waals surface area contributed by atoms with E-state index in [1.807, 2.05) is 6.92 Å². The number of carbonyl (C=O) groups excluding carboxylic acids is 2. The first-order valence-electron chi connectivity index (χ1n) is 6.37. The molecular weight excluding hydrogens is 280 g/mol. The SMILES string of the molecule is CCOC(=O)C(N)CSCC(=O)NC(C)c1ccco1. The number of ether oxygens (including phenoxy) is 1. The van der Waals surface area contributed by atoms with Crippen molar-refractivity contribution in [3.05, 3.63) is 24.2 Å². The number of esters is 1. The molecule has 0 radical (unpaired) electrons. The molecule has 0 bridgehead atoms. The zero-order valence-electron chi connectivity index (χ0n) is 11.6. The Morgan fingerprint density at radius 1 is 1.55 bits per heavy atom. The summed E-state index contributed by atoms with van der Waals surface area (Å²) in [6, 6.07) is 2.69. The van der Waals surface area contributed by atoms with Crippen LogP contribution in [0.15, 0.2) is 22.8 Å². The van der Waals surface area contributed by atoms with Gasteiger partial charge >= 0.3 is 5.97 Å². The topological polar surface area (TPSA) is 94.6 Å². The van der Waals surface area contributed by atoms with Gasteiger partial charge in [0.05, 0.1) is 24.7 Å². The summed E-state index contributed by atoms with van der Waals surface area (Å²) in [6.07, 6.45) is 1.56. The molecule has 0 spiro atoms. The van der Waals surface area contributed by atoms with Crippen molar-refractivity contribution in [1.82, 2.24) is 5.32 Å². The summed E-state index contributed by atoms with van der Waals surface area (Å²) < 4.78 is 9.98. The molecule has 112 valence electrons. The number of amides is 1. The van der Waals surface area contributed by atoms with Crippen LogP contribution in [0.1, 0.15) is 25.6 Å². The average Bonchev–Trinajstić information content (AvgIpc) is 2.92. The van der Waals surface area contributed by atoms with Gasteiger partial charge < -0.3 is 20.2 Å². The van der Waals surface area contributed by atoms with Crippen molar-refractivity contribution in [2.75, 3.05) is 18.1 Å². The van der Waals surface area contributed by atoms with E-state index in [0.29, 0.717) is 18.1 Å². The highest BCUT2D eigenvalue weighted by molar-refractivity contribution is 8.00. The van der Waals surface area contributed by atoms with E-state index >= 15 is 0 Å². The Labute approximate surface area is 122 Å². The number of carbonyl (C=O) groups is 2.